The molecule has 0 aliphatic rings. The molecule has 0 atom stereocenters. The zero-order valence-electron chi connectivity index (χ0n) is 12.5. The van der Waals surface area contributed by atoms with E-state index in [2.05, 4.69) is 4.40 Å². The van der Waals surface area contributed by atoms with Crippen molar-refractivity contribution in [1.29, 1.82) is 0 Å². The van der Waals surface area contributed by atoms with Crippen LogP contribution in [-0.4, -0.2) is 14.6 Å². The Balaban J connectivity index is 1.83. The average molecular weight is 325 g/mol. The van der Waals surface area contributed by atoms with Crippen molar-refractivity contribution in [3.63, 3.8) is 0 Å². The summed E-state index contributed by atoms with van der Waals surface area (Å²) in [5, 5.41) is 0. The third-order valence-corrected chi connectivity index (χ3v) is 4.57. The molecule has 0 aliphatic heterocycles. The van der Waals surface area contributed by atoms with Gasteiger partial charge >= 0.3 is 0 Å². The predicted molar refractivity (Wildman–Crippen MR) is 90.1 cm³/mol. The quantitative estimate of drug-likeness (QED) is 0.680. The van der Waals surface area contributed by atoms with Gasteiger partial charge in [0.25, 0.3) is 10.0 Å². The molecule has 0 N–H and O–H groups in total. The number of hydrogen-bond donors (Lipinski definition) is 0. The highest BCUT2D eigenvalue weighted by molar-refractivity contribution is 7.90. The van der Waals surface area contributed by atoms with Gasteiger partial charge in [0.2, 0.25) is 0 Å². The molecule has 4 nitrogen and oxygen atoms in total. The third-order valence-electron chi connectivity index (χ3n) is 3.32. The summed E-state index contributed by atoms with van der Waals surface area (Å²) in [6, 6.07) is 19.6. The minimum absolute atomic E-state index is 0.161. The van der Waals surface area contributed by atoms with Gasteiger partial charge in [0.15, 0.2) is 0 Å². The average Bonchev–Trinajstić information content (AvgIpc) is 3.03. The van der Waals surface area contributed by atoms with Crippen LogP contribution in [0.25, 0.3) is 11.3 Å². The van der Waals surface area contributed by atoms with E-state index in [1.165, 1.54) is 6.21 Å². The van der Waals surface area contributed by atoms with Crippen molar-refractivity contribution < 1.29 is 12.8 Å². The van der Waals surface area contributed by atoms with E-state index in [1.54, 1.807) is 36.4 Å². The highest BCUT2D eigenvalue weighted by atomic mass is 32.2. The van der Waals surface area contributed by atoms with Crippen molar-refractivity contribution in [3.8, 4) is 11.3 Å². The second-order valence-electron chi connectivity index (χ2n) is 5.09. The summed E-state index contributed by atoms with van der Waals surface area (Å²) in [5.74, 6) is 1.05. The van der Waals surface area contributed by atoms with E-state index < -0.39 is 10.0 Å². The number of sulfonamides is 1. The SMILES string of the molecule is Cc1ccc(S(=O)(=O)/N=C/c2ccc(-c3ccccc3)o2)cc1. The summed E-state index contributed by atoms with van der Waals surface area (Å²) in [4.78, 5) is 0.161. The molecular formula is C18H15NO3S. The molecule has 0 radical (unpaired) electrons. The predicted octanol–water partition coefficient (Wildman–Crippen LogP) is 4.06. The molecule has 3 aromatic rings. The van der Waals surface area contributed by atoms with Crippen LogP contribution in [0.5, 0.6) is 0 Å². The molecular weight excluding hydrogens is 310 g/mol. The topological polar surface area (TPSA) is 59.6 Å². The Kier molecular flexibility index (Phi) is 4.12. The molecule has 0 fully saturated rings. The molecule has 0 saturated heterocycles. The van der Waals surface area contributed by atoms with Crippen LogP contribution in [0.1, 0.15) is 11.3 Å². The highest BCUT2D eigenvalue weighted by Crippen LogP contribution is 2.21. The second kappa shape index (κ2) is 6.22. The number of rotatable bonds is 4. The first kappa shape index (κ1) is 15.2. The molecule has 0 bridgehead atoms. The summed E-state index contributed by atoms with van der Waals surface area (Å²) in [6.07, 6.45) is 1.22. The Hall–Kier alpha value is -2.66. The first-order valence-electron chi connectivity index (χ1n) is 7.07. The molecule has 0 aliphatic carbocycles. The van der Waals surface area contributed by atoms with Crippen LogP contribution in [-0.2, 0) is 10.0 Å². The van der Waals surface area contributed by atoms with Crippen molar-refractivity contribution in [3.05, 3.63) is 78.1 Å². The number of hydrogen-bond acceptors (Lipinski definition) is 3. The number of nitrogens with zero attached hydrogens (tertiary/aromatic N) is 1. The maximum atomic E-state index is 12.2. The first-order valence-corrected chi connectivity index (χ1v) is 8.51. The van der Waals surface area contributed by atoms with Crippen LogP contribution >= 0.6 is 0 Å². The van der Waals surface area contributed by atoms with Crippen molar-refractivity contribution in [2.45, 2.75) is 11.8 Å². The van der Waals surface area contributed by atoms with Gasteiger partial charge in [-0.05, 0) is 31.2 Å². The Bertz CT molecular complexity index is 924. The molecule has 116 valence electrons. The van der Waals surface area contributed by atoms with E-state index in [4.69, 9.17) is 4.42 Å². The van der Waals surface area contributed by atoms with Crippen molar-refractivity contribution >= 4 is 16.2 Å². The van der Waals surface area contributed by atoms with E-state index in [0.29, 0.717) is 11.5 Å². The monoisotopic (exact) mass is 325 g/mol. The van der Waals surface area contributed by atoms with Gasteiger partial charge < -0.3 is 4.42 Å². The summed E-state index contributed by atoms with van der Waals surface area (Å²) >= 11 is 0. The maximum absolute atomic E-state index is 12.2. The van der Waals surface area contributed by atoms with E-state index in [1.807, 2.05) is 37.3 Å². The minimum atomic E-state index is -3.72. The van der Waals surface area contributed by atoms with Gasteiger partial charge in [0.05, 0.1) is 11.1 Å². The van der Waals surface area contributed by atoms with Crippen LogP contribution in [0.2, 0.25) is 0 Å². The van der Waals surface area contributed by atoms with Crippen LogP contribution in [0.15, 0.2) is 80.4 Å². The smallest absolute Gasteiger partial charge is 0.282 e. The zero-order chi connectivity index (χ0) is 16.3. The Morgan fingerprint density at radius 2 is 1.61 bits per heavy atom. The standard InChI is InChI=1S/C18H15NO3S/c1-14-7-10-17(11-8-14)23(20,21)19-13-16-9-12-18(22-16)15-5-3-2-4-6-15/h2-13H,1H3/b19-13+. The summed E-state index contributed by atoms with van der Waals surface area (Å²) < 4.78 is 33.6. The van der Waals surface area contributed by atoms with Gasteiger partial charge in [-0.25, -0.2) is 0 Å². The van der Waals surface area contributed by atoms with E-state index in [9.17, 15) is 8.42 Å². The van der Waals surface area contributed by atoms with Gasteiger partial charge in [-0.15, -0.1) is 0 Å². The summed E-state index contributed by atoms with van der Waals surface area (Å²) in [5.41, 5.74) is 1.92. The van der Waals surface area contributed by atoms with Crippen LogP contribution in [0, 0.1) is 6.92 Å². The zero-order valence-corrected chi connectivity index (χ0v) is 13.3. The van der Waals surface area contributed by atoms with Crippen molar-refractivity contribution in [2.24, 2.45) is 4.40 Å². The van der Waals surface area contributed by atoms with Crippen LogP contribution < -0.4 is 0 Å². The largest absolute Gasteiger partial charge is 0.455 e. The second-order valence-corrected chi connectivity index (χ2v) is 6.72. The lowest BCUT2D eigenvalue weighted by atomic mass is 10.2. The fourth-order valence-corrected chi connectivity index (χ4v) is 2.92. The third kappa shape index (κ3) is 3.57. The molecule has 3 rings (SSSR count). The van der Waals surface area contributed by atoms with Gasteiger partial charge in [0.1, 0.15) is 11.5 Å². The van der Waals surface area contributed by atoms with E-state index >= 15 is 0 Å². The van der Waals surface area contributed by atoms with Gasteiger partial charge in [0, 0.05) is 5.56 Å². The molecule has 2 aromatic carbocycles. The van der Waals surface area contributed by atoms with Gasteiger partial charge in [-0.2, -0.15) is 12.8 Å². The lowest BCUT2D eigenvalue weighted by Crippen LogP contribution is -1.97. The molecule has 23 heavy (non-hydrogen) atoms. The number of aryl methyl sites for hydroxylation is 1. The van der Waals surface area contributed by atoms with Crippen LogP contribution in [0.4, 0.5) is 0 Å². The Morgan fingerprint density at radius 3 is 2.30 bits per heavy atom. The first-order chi connectivity index (χ1) is 11.0. The normalized spacial score (nSPS) is 11.9. The Morgan fingerprint density at radius 1 is 0.913 bits per heavy atom. The van der Waals surface area contributed by atoms with Crippen LogP contribution in [0.3, 0.4) is 0 Å². The minimum Gasteiger partial charge on any atom is -0.455 e. The highest BCUT2D eigenvalue weighted by Gasteiger charge is 2.11. The molecule has 5 heteroatoms. The summed E-state index contributed by atoms with van der Waals surface area (Å²) in [7, 11) is -3.72. The van der Waals surface area contributed by atoms with E-state index in [-0.39, 0.29) is 4.90 Å². The lowest BCUT2D eigenvalue weighted by Gasteiger charge is -1.98. The van der Waals surface area contributed by atoms with Crippen molar-refractivity contribution in [2.75, 3.05) is 0 Å². The molecule has 1 heterocycles. The van der Waals surface area contributed by atoms with Gasteiger partial charge in [-0.1, -0.05) is 48.0 Å². The van der Waals surface area contributed by atoms with Gasteiger partial charge in [-0.3, -0.25) is 0 Å². The maximum Gasteiger partial charge on any atom is 0.282 e. The number of benzene rings is 2. The lowest BCUT2D eigenvalue weighted by molar-refractivity contribution is 0.574. The summed E-state index contributed by atoms with van der Waals surface area (Å²) in [6.45, 7) is 1.90. The Labute approximate surface area is 135 Å². The molecule has 0 unspecified atom stereocenters. The molecule has 0 amide bonds. The number of furan rings is 1. The fraction of sp³-hybridized carbons (Fsp3) is 0.0556. The molecule has 0 saturated carbocycles. The van der Waals surface area contributed by atoms with E-state index in [0.717, 1.165) is 11.1 Å². The molecule has 1 aromatic heterocycles. The van der Waals surface area contributed by atoms with Crippen molar-refractivity contribution in [1.82, 2.24) is 0 Å². The molecule has 0 spiro atoms. The fourth-order valence-electron chi connectivity index (χ4n) is 2.07.